The summed E-state index contributed by atoms with van der Waals surface area (Å²) >= 11 is 0. The van der Waals surface area contributed by atoms with Gasteiger partial charge in [-0.1, -0.05) is 44.2 Å². The first-order valence-electron chi connectivity index (χ1n) is 7.75. The first-order chi connectivity index (χ1) is 10.0. The van der Waals surface area contributed by atoms with E-state index in [1.807, 2.05) is 51.1 Å². The Hall–Kier alpha value is -1.64. The van der Waals surface area contributed by atoms with E-state index in [4.69, 9.17) is 4.74 Å². The number of aldehydes is 1. The lowest BCUT2D eigenvalue weighted by molar-refractivity contribution is -0.161. The highest BCUT2D eigenvalue weighted by molar-refractivity contribution is 5.77. The van der Waals surface area contributed by atoms with Crippen LogP contribution in [0.1, 0.15) is 45.3 Å². The standard InChI is InChI=1S/C18H24O3/c1-12-9-10-13(2)17(16(12)11-19)18(20)21-14(3)15-7-5-4-6-8-15/h4-8,11-14,16-17H,9-10H2,1-3H3/t12-,13+,14?,16+,17-/m1/s1. The Morgan fingerprint density at radius 1 is 1.19 bits per heavy atom. The molecule has 0 N–H and O–H groups in total. The first-order valence-corrected chi connectivity index (χ1v) is 7.75. The Morgan fingerprint density at radius 2 is 1.81 bits per heavy atom. The Labute approximate surface area is 126 Å². The Bertz CT molecular complexity index is 482. The topological polar surface area (TPSA) is 43.4 Å². The number of esters is 1. The second-order valence-corrected chi connectivity index (χ2v) is 6.26. The van der Waals surface area contributed by atoms with Gasteiger partial charge in [0.05, 0.1) is 5.92 Å². The van der Waals surface area contributed by atoms with Crippen LogP contribution in [0.5, 0.6) is 0 Å². The van der Waals surface area contributed by atoms with Crippen molar-refractivity contribution < 1.29 is 14.3 Å². The van der Waals surface area contributed by atoms with E-state index in [0.717, 1.165) is 24.7 Å². The molecule has 3 nitrogen and oxygen atoms in total. The summed E-state index contributed by atoms with van der Waals surface area (Å²) in [4.78, 5) is 23.9. The van der Waals surface area contributed by atoms with Gasteiger partial charge < -0.3 is 9.53 Å². The number of ether oxygens (including phenoxy) is 1. The number of benzene rings is 1. The van der Waals surface area contributed by atoms with E-state index >= 15 is 0 Å². The second kappa shape index (κ2) is 6.88. The van der Waals surface area contributed by atoms with E-state index in [9.17, 15) is 9.59 Å². The van der Waals surface area contributed by atoms with Gasteiger partial charge in [-0.2, -0.15) is 0 Å². The highest BCUT2D eigenvalue weighted by atomic mass is 16.5. The molecule has 3 heteroatoms. The van der Waals surface area contributed by atoms with Gasteiger partial charge in [0.15, 0.2) is 0 Å². The van der Waals surface area contributed by atoms with Crippen molar-refractivity contribution in [2.24, 2.45) is 23.7 Å². The van der Waals surface area contributed by atoms with Crippen LogP contribution >= 0.6 is 0 Å². The highest BCUT2D eigenvalue weighted by Gasteiger charge is 2.41. The minimum absolute atomic E-state index is 0.201. The van der Waals surface area contributed by atoms with Crippen LogP contribution in [0.2, 0.25) is 0 Å². The summed E-state index contributed by atoms with van der Waals surface area (Å²) in [5, 5.41) is 0. The van der Waals surface area contributed by atoms with Gasteiger partial charge >= 0.3 is 5.97 Å². The van der Waals surface area contributed by atoms with Crippen LogP contribution in [0, 0.1) is 23.7 Å². The van der Waals surface area contributed by atoms with Crippen LogP contribution in [0.3, 0.4) is 0 Å². The van der Waals surface area contributed by atoms with Gasteiger partial charge in [-0.3, -0.25) is 4.79 Å². The Morgan fingerprint density at radius 3 is 2.43 bits per heavy atom. The van der Waals surface area contributed by atoms with Crippen molar-refractivity contribution in [1.82, 2.24) is 0 Å². The quantitative estimate of drug-likeness (QED) is 0.625. The summed E-state index contributed by atoms with van der Waals surface area (Å²) in [5.41, 5.74) is 0.977. The SMILES string of the molecule is CC(OC(=O)[C@H]1[C@@H](C=O)[C@H](C)CC[C@@H]1C)c1ccccc1. The largest absolute Gasteiger partial charge is 0.458 e. The van der Waals surface area contributed by atoms with E-state index in [0.29, 0.717) is 0 Å². The van der Waals surface area contributed by atoms with Gasteiger partial charge in [0.1, 0.15) is 12.4 Å². The average Bonchev–Trinajstić information content (AvgIpc) is 2.49. The number of rotatable bonds is 4. The molecule has 114 valence electrons. The van der Waals surface area contributed by atoms with Crippen LogP contribution in [-0.4, -0.2) is 12.3 Å². The molecular formula is C18H24O3. The molecule has 0 aromatic heterocycles. The number of hydrogen-bond donors (Lipinski definition) is 0. The van der Waals surface area contributed by atoms with E-state index < -0.39 is 0 Å². The van der Waals surface area contributed by atoms with E-state index in [1.165, 1.54) is 0 Å². The molecular weight excluding hydrogens is 264 g/mol. The smallest absolute Gasteiger partial charge is 0.310 e. The molecule has 0 heterocycles. The average molecular weight is 288 g/mol. The lowest BCUT2D eigenvalue weighted by Crippen LogP contribution is -2.39. The first kappa shape index (κ1) is 15.7. The summed E-state index contributed by atoms with van der Waals surface area (Å²) in [6.07, 6.45) is 2.64. The van der Waals surface area contributed by atoms with Crippen molar-refractivity contribution in [3.8, 4) is 0 Å². The minimum Gasteiger partial charge on any atom is -0.458 e. The van der Waals surface area contributed by atoms with Gasteiger partial charge in [-0.05, 0) is 37.2 Å². The summed E-state index contributed by atoms with van der Waals surface area (Å²) in [7, 11) is 0. The van der Waals surface area contributed by atoms with Gasteiger partial charge in [0, 0.05) is 5.92 Å². The van der Waals surface area contributed by atoms with Crippen LogP contribution in [0.25, 0.3) is 0 Å². The molecule has 5 atom stereocenters. The maximum Gasteiger partial charge on any atom is 0.310 e. The normalized spacial score (nSPS) is 30.4. The van der Waals surface area contributed by atoms with Gasteiger partial charge in [0.25, 0.3) is 0 Å². The third kappa shape index (κ3) is 3.52. The van der Waals surface area contributed by atoms with Crippen LogP contribution in [0.15, 0.2) is 30.3 Å². The lowest BCUT2D eigenvalue weighted by atomic mass is 9.68. The maximum atomic E-state index is 12.5. The molecule has 1 aliphatic carbocycles. The van der Waals surface area contributed by atoms with Crippen molar-refractivity contribution in [3.05, 3.63) is 35.9 Å². The fourth-order valence-electron chi connectivity index (χ4n) is 3.28. The van der Waals surface area contributed by atoms with Crippen LogP contribution in [0.4, 0.5) is 0 Å². The molecule has 1 aromatic carbocycles. The fourth-order valence-corrected chi connectivity index (χ4v) is 3.28. The molecule has 1 fully saturated rings. The van der Waals surface area contributed by atoms with Crippen LogP contribution in [-0.2, 0) is 14.3 Å². The fraction of sp³-hybridized carbons (Fsp3) is 0.556. The number of carbonyl (C=O) groups excluding carboxylic acids is 2. The number of hydrogen-bond acceptors (Lipinski definition) is 3. The Balaban J connectivity index is 2.09. The van der Waals surface area contributed by atoms with E-state index in [2.05, 4.69) is 0 Å². The molecule has 0 bridgehead atoms. The Kier molecular flexibility index (Phi) is 5.16. The van der Waals surface area contributed by atoms with E-state index in [-0.39, 0.29) is 35.7 Å². The van der Waals surface area contributed by atoms with Crippen molar-refractivity contribution in [1.29, 1.82) is 0 Å². The molecule has 1 aromatic rings. The third-order valence-corrected chi connectivity index (χ3v) is 4.75. The zero-order valence-corrected chi connectivity index (χ0v) is 13.0. The summed E-state index contributed by atoms with van der Waals surface area (Å²) in [6, 6.07) is 9.69. The van der Waals surface area contributed by atoms with Gasteiger partial charge in [-0.25, -0.2) is 0 Å². The monoisotopic (exact) mass is 288 g/mol. The molecule has 21 heavy (non-hydrogen) atoms. The molecule has 0 saturated heterocycles. The molecule has 0 spiro atoms. The van der Waals surface area contributed by atoms with Crippen molar-refractivity contribution in [3.63, 3.8) is 0 Å². The van der Waals surface area contributed by atoms with Crippen molar-refractivity contribution >= 4 is 12.3 Å². The third-order valence-electron chi connectivity index (χ3n) is 4.75. The second-order valence-electron chi connectivity index (χ2n) is 6.26. The molecule has 0 amide bonds. The van der Waals surface area contributed by atoms with Gasteiger partial charge in [-0.15, -0.1) is 0 Å². The summed E-state index contributed by atoms with van der Waals surface area (Å²) in [5.74, 6) is -0.306. The molecule has 0 aliphatic heterocycles. The van der Waals surface area contributed by atoms with Crippen molar-refractivity contribution in [2.75, 3.05) is 0 Å². The summed E-state index contributed by atoms with van der Waals surface area (Å²) < 4.78 is 5.63. The zero-order valence-electron chi connectivity index (χ0n) is 13.0. The van der Waals surface area contributed by atoms with Crippen molar-refractivity contribution in [2.45, 2.75) is 39.7 Å². The molecule has 0 radical (unpaired) electrons. The molecule has 2 rings (SSSR count). The maximum absolute atomic E-state index is 12.5. The molecule has 1 saturated carbocycles. The lowest BCUT2D eigenvalue weighted by Gasteiger charge is -2.36. The number of carbonyl (C=O) groups is 2. The zero-order chi connectivity index (χ0) is 15.4. The summed E-state index contributed by atoms with van der Waals surface area (Å²) in [6.45, 7) is 5.97. The van der Waals surface area contributed by atoms with Crippen LogP contribution < -0.4 is 0 Å². The highest BCUT2D eigenvalue weighted by Crippen LogP contribution is 2.39. The minimum atomic E-state index is -0.308. The van der Waals surface area contributed by atoms with E-state index in [1.54, 1.807) is 0 Å². The predicted molar refractivity (Wildman–Crippen MR) is 81.6 cm³/mol. The molecule has 1 unspecified atom stereocenters. The molecule has 1 aliphatic rings. The van der Waals surface area contributed by atoms with Gasteiger partial charge in [0.2, 0.25) is 0 Å². The predicted octanol–water partition coefficient (Wildman–Crippen LogP) is 3.79.